The number of benzene rings is 3. The van der Waals surface area contributed by atoms with Gasteiger partial charge in [0, 0.05) is 0 Å². The molecule has 0 heteroatoms. The topological polar surface area (TPSA) is 0 Å². The van der Waals surface area contributed by atoms with Crippen LogP contribution >= 0.6 is 0 Å². The van der Waals surface area contributed by atoms with Crippen molar-refractivity contribution in [2.45, 2.75) is 38.5 Å². The monoisotopic (exact) mass is 288 g/mol. The van der Waals surface area contributed by atoms with Crippen molar-refractivity contribution in [2.24, 2.45) is 0 Å². The summed E-state index contributed by atoms with van der Waals surface area (Å²) in [6.07, 6.45) is 7.70. The molecular weight excluding hydrogens is 264 g/mol. The van der Waals surface area contributed by atoms with E-state index in [9.17, 15) is 0 Å². The maximum Gasteiger partial charge on any atom is -0.0181 e. The molecule has 0 radical (unpaired) electrons. The Hall–Kier alpha value is -2.08. The van der Waals surface area contributed by atoms with Crippen molar-refractivity contribution < 1.29 is 0 Å². The largest absolute Gasteiger partial charge is 0.0622 e. The van der Waals surface area contributed by atoms with Crippen LogP contribution in [0.15, 0.2) is 72.8 Å². The summed E-state index contributed by atoms with van der Waals surface area (Å²) in [4.78, 5) is 0. The Morgan fingerprint density at radius 3 is 1.86 bits per heavy atom. The highest BCUT2D eigenvalue weighted by Crippen LogP contribution is 2.17. The van der Waals surface area contributed by atoms with Crippen LogP contribution in [0.5, 0.6) is 0 Å². The smallest absolute Gasteiger partial charge is 0.0181 e. The van der Waals surface area contributed by atoms with Crippen LogP contribution in [0.2, 0.25) is 0 Å². The van der Waals surface area contributed by atoms with Crippen LogP contribution in [0.3, 0.4) is 0 Å². The first kappa shape index (κ1) is 14.8. The van der Waals surface area contributed by atoms with Crippen molar-refractivity contribution >= 4 is 10.8 Å². The summed E-state index contributed by atoms with van der Waals surface area (Å²) in [7, 11) is 0. The quantitative estimate of drug-likeness (QED) is 0.455. The third-order valence-electron chi connectivity index (χ3n) is 4.34. The molecule has 0 aliphatic carbocycles. The molecule has 0 aromatic heterocycles. The first-order valence-electron chi connectivity index (χ1n) is 8.43. The van der Waals surface area contributed by atoms with Gasteiger partial charge in [0.2, 0.25) is 0 Å². The zero-order valence-electron chi connectivity index (χ0n) is 13.2. The maximum atomic E-state index is 2.35. The van der Waals surface area contributed by atoms with Gasteiger partial charge in [-0.1, -0.05) is 85.6 Å². The summed E-state index contributed by atoms with van der Waals surface area (Å²) in [5.74, 6) is 0. The minimum absolute atomic E-state index is 1.20. The second-order valence-corrected chi connectivity index (χ2v) is 6.08. The Bertz CT molecular complexity index is 697. The highest BCUT2D eigenvalue weighted by atomic mass is 14.0. The van der Waals surface area contributed by atoms with Crippen LogP contribution in [0.25, 0.3) is 10.8 Å². The summed E-state index contributed by atoms with van der Waals surface area (Å²) in [5.41, 5.74) is 2.94. The van der Waals surface area contributed by atoms with Gasteiger partial charge in [0.1, 0.15) is 0 Å². The molecule has 0 saturated heterocycles. The van der Waals surface area contributed by atoms with Gasteiger partial charge in [-0.3, -0.25) is 0 Å². The van der Waals surface area contributed by atoms with Crippen LogP contribution in [0.4, 0.5) is 0 Å². The molecule has 0 N–H and O–H groups in total. The molecule has 22 heavy (non-hydrogen) atoms. The Kier molecular flexibility index (Phi) is 5.26. The Balaban J connectivity index is 1.39. The fraction of sp³-hybridized carbons (Fsp3) is 0.273. The van der Waals surface area contributed by atoms with Crippen LogP contribution in [0, 0.1) is 0 Å². The number of unbranched alkanes of at least 4 members (excludes halogenated alkanes) is 3. The molecule has 0 saturated carbocycles. The van der Waals surface area contributed by atoms with Crippen LogP contribution in [-0.2, 0) is 12.8 Å². The standard InChI is InChI=1S/C22H24/c1(4-10-19-11-6-3-7-12-19)2-5-13-20-16-17-21-14-8-9-15-22(21)18-20/h3,6-9,11-12,14-18H,1-2,4-5,10,13H2. The third kappa shape index (κ3) is 4.21. The average molecular weight is 288 g/mol. The molecule has 0 spiro atoms. The van der Waals surface area contributed by atoms with E-state index in [0.717, 1.165) is 0 Å². The normalized spacial score (nSPS) is 10.9. The number of rotatable bonds is 7. The fourth-order valence-electron chi connectivity index (χ4n) is 3.05. The molecule has 0 heterocycles. The van der Waals surface area contributed by atoms with Crippen molar-refractivity contribution in [3.63, 3.8) is 0 Å². The summed E-state index contributed by atoms with van der Waals surface area (Å²) in [6.45, 7) is 0. The first-order chi connectivity index (χ1) is 10.9. The number of hydrogen-bond acceptors (Lipinski definition) is 0. The molecule has 0 nitrogen and oxygen atoms in total. The zero-order valence-corrected chi connectivity index (χ0v) is 13.2. The molecule has 0 unspecified atom stereocenters. The Labute approximate surface area is 133 Å². The molecule has 3 aromatic rings. The molecule has 0 aliphatic heterocycles. The second-order valence-electron chi connectivity index (χ2n) is 6.08. The van der Waals surface area contributed by atoms with Gasteiger partial charge in [-0.25, -0.2) is 0 Å². The van der Waals surface area contributed by atoms with Gasteiger partial charge in [0.25, 0.3) is 0 Å². The Morgan fingerprint density at radius 1 is 0.455 bits per heavy atom. The van der Waals surface area contributed by atoms with Crippen molar-refractivity contribution in [2.75, 3.05) is 0 Å². The molecular formula is C22H24. The summed E-state index contributed by atoms with van der Waals surface area (Å²) >= 11 is 0. The van der Waals surface area contributed by atoms with Crippen molar-refractivity contribution in [3.05, 3.63) is 83.9 Å². The molecule has 0 fully saturated rings. The van der Waals surface area contributed by atoms with Crippen molar-refractivity contribution in [3.8, 4) is 0 Å². The van der Waals surface area contributed by atoms with E-state index < -0.39 is 0 Å². The van der Waals surface area contributed by atoms with Gasteiger partial charge in [0.05, 0.1) is 0 Å². The SMILES string of the molecule is c1ccc(CCCCCCc2ccc3ccccc3c2)cc1. The Morgan fingerprint density at radius 2 is 1.09 bits per heavy atom. The lowest BCUT2D eigenvalue weighted by Gasteiger charge is -2.05. The number of aryl methyl sites for hydroxylation is 2. The first-order valence-corrected chi connectivity index (χ1v) is 8.43. The van der Waals surface area contributed by atoms with Gasteiger partial charge in [-0.15, -0.1) is 0 Å². The second kappa shape index (κ2) is 7.79. The van der Waals surface area contributed by atoms with Crippen molar-refractivity contribution in [1.82, 2.24) is 0 Å². The molecule has 0 aliphatic rings. The molecule has 0 atom stereocenters. The van der Waals surface area contributed by atoms with Crippen LogP contribution in [0.1, 0.15) is 36.8 Å². The van der Waals surface area contributed by atoms with E-state index in [1.165, 1.54) is 60.4 Å². The molecule has 112 valence electrons. The third-order valence-corrected chi connectivity index (χ3v) is 4.34. The van der Waals surface area contributed by atoms with Gasteiger partial charge in [-0.05, 0) is 47.6 Å². The van der Waals surface area contributed by atoms with Gasteiger partial charge in [-0.2, -0.15) is 0 Å². The van der Waals surface area contributed by atoms with E-state index in [0.29, 0.717) is 0 Å². The molecule has 0 bridgehead atoms. The van der Waals surface area contributed by atoms with E-state index in [1.54, 1.807) is 0 Å². The summed E-state index contributed by atoms with van der Waals surface area (Å²) in [5, 5.41) is 2.71. The lowest BCUT2D eigenvalue weighted by Crippen LogP contribution is -1.88. The predicted molar refractivity (Wildman–Crippen MR) is 96.3 cm³/mol. The highest BCUT2D eigenvalue weighted by molar-refractivity contribution is 5.82. The number of fused-ring (bicyclic) bond motifs is 1. The van der Waals surface area contributed by atoms with Gasteiger partial charge < -0.3 is 0 Å². The average Bonchev–Trinajstić information content (AvgIpc) is 2.59. The maximum absolute atomic E-state index is 2.35. The summed E-state index contributed by atoms with van der Waals surface area (Å²) < 4.78 is 0. The van der Waals surface area contributed by atoms with E-state index in [4.69, 9.17) is 0 Å². The number of hydrogen-bond donors (Lipinski definition) is 0. The van der Waals surface area contributed by atoms with E-state index >= 15 is 0 Å². The minimum Gasteiger partial charge on any atom is -0.0622 e. The molecule has 0 amide bonds. The minimum atomic E-state index is 1.20. The highest BCUT2D eigenvalue weighted by Gasteiger charge is 1.97. The summed E-state index contributed by atoms with van der Waals surface area (Å²) in [6, 6.07) is 26.3. The molecule has 3 rings (SSSR count). The zero-order chi connectivity index (χ0) is 15.0. The molecule has 3 aromatic carbocycles. The lowest BCUT2D eigenvalue weighted by molar-refractivity contribution is 0.640. The van der Waals surface area contributed by atoms with E-state index in [2.05, 4.69) is 72.8 Å². The van der Waals surface area contributed by atoms with E-state index in [-0.39, 0.29) is 0 Å². The van der Waals surface area contributed by atoms with Crippen LogP contribution in [-0.4, -0.2) is 0 Å². The van der Waals surface area contributed by atoms with Crippen molar-refractivity contribution in [1.29, 1.82) is 0 Å². The van der Waals surface area contributed by atoms with E-state index in [1.807, 2.05) is 0 Å². The van der Waals surface area contributed by atoms with Gasteiger partial charge >= 0.3 is 0 Å². The predicted octanol–water partition coefficient (Wildman–Crippen LogP) is 6.19. The van der Waals surface area contributed by atoms with Gasteiger partial charge in [0.15, 0.2) is 0 Å². The van der Waals surface area contributed by atoms with Crippen LogP contribution < -0.4 is 0 Å². The lowest BCUT2D eigenvalue weighted by atomic mass is 10.0. The fourth-order valence-corrected chi connectivity index (χ4v) is 3.05.